The van der Waals surface area contributed by atoms with Gasteiger partial charge in [0.2, 0.25) is 0 Å². The minimum absolute atomic E-state index is 0.356. The molecule has 1 rings (SSSR count). The second kappa shape index (κ2) is 7.61. The van der Waals surface area contributed by atoms with Crippen LogP contribution in [-0.2, 0) is 4.18 Å². The molecule has 0 aromatic carbocycles. The van der Waals surface area contributed by atoms with Crippen molar-refractivity contribution >= 4 is 18.0 Å². The third-order valence-corrected chi connectivity index (χ3v) is 1.37. The number of rotatable bonds is 2. The summed E-state index contributed by atoms with van der Waals surface area (Å²) in [7, 11) is 0. The van der Waals surface area contributed by atoms with Crippen molar-refractivity contribution in [3.05, 3.63) is 30.1 Å². The van der Waals surface area contributed by atoms with Gasteiger partial charge in [-0.05, 0) is 12.1 Å². The van der Waals surface area contributed by atoms with Gasteiger partial charge in [-0.3, -0.25) is 4.98 Å². The van der Waals surface area contributed by atoms with E-state index in [1.165, 1.54) is 6.20 Å². The predicted octanol–water partition coefficient (Wildman–Crippen LogP) is 2.54. The van der Waals surface area contributed by atoms with Gasteiger partial charge in [-0.2, -0.15) is 0 Å². The fraction of sp³-hybridized carbons (Fsp3) is 0.333. The molecular weight excluding hydrogens is 186 g/mol. The third-order valence-electron chi connectivity index (χ3n) is 1.06. The number of pyridine rings is 1. The lowest BCUT2D eigenvalue weighted by Crippen LogP contribution is -1.99. The summed E-state index contributed by atoms with van der Waals surface area (Å²) in [6.07, 6.45) is 4.77. The zero-order valence-electron chi connectivity index (χ0n) is 7.98. The molecule has 0 spiro atoms. The van der Waals surface area contributed by atoms with E-state index in [0.29, 0.717) is 5.56 Å². The van der Waals surface area contributed by atoms with E-state index in [-0.39, 0.29) is 5.97 Å². The Labute approximate surface area is 82.7 Å². The monoisotopic (exact) mass is 199 g/mol. The molecule has 0 aliphatic carbocycles. The van der Waals surface area contributed by atoms with Crippen LogP contribution in [0.15, 0.2) is 24.5 Å². The Kier molecular flexibility index (Phi) is 7.01. The maximum absolute atomic E-state index is 11.0. The second-order valence-electron chi connectivity index (χ2n) is 1.78. The minimum atomic E-state index is -0.356. The summed E-state index contributed by atoms with van der Waals surface area (Å²) in [6, 6.07) is 3.35. The van der Waals surface area contributed by atoms with Crippen LogP contribution in [0.5, 0.6) is 0 Å². The Hall–Kier alpha value is -1.03. The van der Waals surface area contributed by atoms with Gasteiger partial charge in [0.1, 0.15) is 0 Å². The smallest absolute Gasteiger partial charge is 0.351 e. The molecule has 0 N–H and O–H groups in total. The third kappa shape index (κ3) is 4.52. The van der Waals surface area contributed by atoms with Crippen molar-refractivity contribution < 1.29 is 8.98 Å². The standard InChI is InChI=1S/C7H7NO2S.C2H6/c1-11-10-7(9)6-3-2-4-8-5-6;1-2/h2-5H,1H3;1-2H3. The largest absolute Gasteiger partial charge is 0.388 e. The number of nitrogens with zero attached hydrogens (tertiary/aromatic N) is 1. The average Bonchev–Trinajstić information content (AvgIpc) is 2.23. The zero-order valence-corrected chi connectivity index (χ0v) is 8.80. The molecule has 4 heteroatoms. The van der Waals surface area contributed by atoms with Gasteiger partial charge in [0.25, 0.3) is 0 Å². The van der Waals surface area contributed by atoms with Gasteiger partial charge in [0.05, 0.1) is 17.6 Å². The molecule has 0 unspecified atom stereocenters. The normalized spacial score (nSPS) is 8.23. The van der Waals surface area contributed by atoms with Crippen molar-refractivity contribution in [2.24, 2.45) is 0 Å². The molecule has 13 heavy (non-hydrogen) atoms. The predicted molar refractivity (Wildman–Crippen MR) is 54.5 cm³/mol. The van der Waals surface area contributed by atoms with Crippen molar-refractivity contribution in [1.82, 2.24) is 4.98 Å². The van der Waals surface area contributed by atoms with Gasteiger partial charge in [0.15, 0.2) is 0 Å². The van der Waals surface area contributed by atoms with Crippen molar-refractivity contribution in [1.29, 1.82) is 0 Å². The van der Waals surface area contributed by atoms with Crippen LogP contribution in [0, 0.1) is 0 Å². The molecule has 0 aliphatic heterocycles. The van der Waals surface area contributed by atoms with Gasteiger partial charge in [0, 0.05) is 18.6 Å². The Morgan fingerprint density at radius 3 is 2.69 bits per heavy atom. The van der Waals surface area contributed by atoms with Crippen LogP contribution in [0.4, 0.5) is 0 Å². The van der Waals surface area contributed by atoms with Crippen LogP contribution in [-0.4, -0.2) is 17.2 Å². The zero-order chi connectivity index (χ0) is 10.1. The van der Waals surface area contributed by atoms with Gasteiger partial charge in [-0.15, -0.1) is 0 Å². The highest BCUT2D eigenvalue weighted by atomic mass is 32.2. The van der Waals surface area contributed by atoms with Crippen LogP contribution < -0.4 is 0 Å². The molecule has 0 fully saturated rings. The summed E-state index contributed by atoms with van der Waals surface area (Å²) in [5.41, 5.74) is 0.474. The summed E-state index contributed by atoms with van der Waals surface area (Å²) >= 11 is 1.03. The molecule has 0 bridgehead atoms. The number of aromatic nitrogens is 1. The fourth-order valence-corrected chi connectivity index (χ4v) is 0.855. The van der Waals surface area contributed by atoms with E-state index in [1.54, 1.807) is 24.6 Å². The van der Waals surface area contributed by atoms with Crippen molar-refractivity contribution in [2.45, 2.75) is 13.8 Å². The van der Waals surface area contributed by atoms with Crippen LogP contribution in [0.2, 0.25) is 0 Å². The number of hydrogen-bond donors (Lipinski definition) is 0. The molecule has 0 aliphatic rings. The van der Waals surface area contributed by atoms with Gasteiger partial charge in [-0.1, -0.05) is 13.8 Å². The van der Waals surface area contributed by atoms with E-state index in [9.17, 15) is 4.79 Å². The first kappa shape index (κ1) is 12.0. The minimum Gasteiger partial charge on any atom is -0.388 e. The summed E-state index contributed by atoms with van der Waals surface area (Å²) in [5, 5.41) is 0. The first-order chi connectivity index (χ1) is 6.34. The Bertz CT molecular complexity index is 239. The SMILES string of the molecule is CC.CSOC(=O)c1cccnc1. The van der Waals surface area contributed by atoms with Gasteiger partial charge in [-0.25, -0.2) is 4.79 Å². The van der Waals surface area contributed by atoms with Crippen LogP contribution in [0.3, 0.4) is 0 Å². The van der Waals surface area contributed by atoms with E-state index in [4.69, 9.17) is 0 Å². The van der Waals surface area contributed by atoms with Gasteiger partial charge >= 0.3 is 5.97 Å². The average molecular weight is 199 g/mol. The molecule has 72 valence electrons. The maximum atomic E-state index is 11.0. The Balaban J connectivity index is 0.000000671. The molecule has 0 amide bonds. The van der Waals surface area contributed by atoms with E-state index in [1.807, 2.05) is 13.8 Å². The highest BCUT2D eigenvalue weighted by Crippen LogP contribution is 2.04. The number of hydrogen-bond acceptors (Lipinski definition) is 4. The van der Waals surface area contributed by atoms with E-state index >= 15 is 0 Å². The maximum Gasteiger partial charge on any atom is 0.351 e. The van der Waals surface area contributed by atoms with Crippen LogP contribution >= 0.6 is 12.0 Å². The molecular formula is C9H13NO2S. The van der Waals surface area contributed by atoms with Crippen molar-refractivity contribution in [2.75, 3.05) is 6.26 Å². The summed E-state index contributed by atoms with van der Waals surface area (Å²) < 4.78 is 4.67. The molecule has 0 saturated heterocycles. The molecule has 3 nitrogen and oxygen atoms in total. The van der Waals surface area contributed by atoms with Gasteiger partial charge < -0.3 is 4.18 Å². The quantitative estimate of drug-likeness (QED) is 0.686. The Morgan fingerprint density at radius 1 is 1.54 bits per heavy atom. The van der Waals surface area contributed by atoms with Crippen LogP contribution in [0.25, 0.3) is 0 Å². The number of carbonyl (C=O) groups is 1. The molecule has 1 aromatic rings. The molecule has 0 atom stereocenters. The summed E-state index contributed by atoms with van der Waals surface area (Å²) in [4.78, 5) is 14.7. The fourth-order valence-electron chi connectivity index (χ4n) is 0.607. The molecule has 1 aromatic heterocycles. The molecule has 0 radical (unpaired) electrons. The summed E-state index contributed by atoms with van der Waals surface area (Å²) in [5.74, 6) is -0.356. The molecule has 1 heterocycles. The second-order valence-corrected chi connectivity index (χ2v) is 2.28. The topological polar surface area (TPSA) is 39.2 Å². The lowest BCUT2D eigenvalue weighted by atomic mass is 10.3. The first-order valence-electron chi connectivity index (χ1n) is 3.99. The van der Waals surface area contributed by atoms with Crippen molar-refractivity contribution in [3.63, 3.8) is 0 Å². The lowest BCUT2D eigenvalue weighted by Gasteiger charge is -1.96. The van der Waals surface area contributed by atoms with Crippen molar-refractivity contribution in [3.8, 4) is 0 Å². The lowest BCUT2D eigenvalue weighted by molar-refractivity contribution is 0.0768. The van der Waals surface area contributed by atoms with Crippen LogP contribution in [0.1, 0.15) is 24.2 Å². The first-order valence-corrected chi connectivity index (χ1v) is 5.14. The highest BCUT2D eigenvalue weighted by molar-refractivity contribution is 7.94. The van der Waals surface area contributed by atoms with E-state index in [0.717, 1.165) is 12.0 Å². The van der Waals surface area contributed by atoms with E-state index in [2.05, 4.69) is 9.17 Å². The number of carbonyl (C=O) groups excluding carboxylic acids is 1. The highest BCUT2D eigenvalue weighted by Gasteiger charge is 2.04. The van der Waals surface area contributed by atoms with E-state index < -0.39 is 0 Å². The molecule has 0 saturated carbocycles. The Morgan fingerprint density at radius 2 is 2.23 bits per heavy atom. The summed E-state index contributed by atoms with van der Waals surface area (Å²) in [6.45, 7) is 4.00.